The van der Waals surface area contributed by atoms with Crippen molar-refractivity contribution >= 4 is 33.9 Å². The summed E-state index contributed by atoms with van der Waals surface area (Å²) < 4.78 is 0. The molecule has 5 heteroatoms. The van der Waals surface area contributed by atoms with Gasteiger partial charge in [-0.3, -0.25) is 9.88 Å². The second-order valence-electron chi connectivity index (χ2n) is 5.47. The fourth-order valence-corrected chi connectivity index (χ4v) is 2.84. The summed E-state index contributed by atoms with van der Waals surface area (Å²) in [6.45, 7) is 1.38. The van der Waals surface area contributed by atoms with Gasteiger partial charge in [0.2, 0.25) is 0 Å². The lowest BCUT2D eigenvalue weighted by molar-refractivity contribution is 0.252. The molecule has 0 radical (unpaired) electrons. The zero-order chi connectivity index (χ0) is 15.6. The highest BCUT2D eigenvalue weighted by Crippen LogP contribution is 2.27. The molecule has 2 amide bonds. The van der Waals surface area contributed by atoms with E-state index in [4.69, 9.17) is 0 Å². The summed E-state index contributed by atoms with van der Waals surface area (Å²) in [4.78, 5) is 17.8. The molecule has 2 aromatic carbocycles. The van der Waals surface area contributed by atoms with E-state index in [1.54, 1.807) is 4.90 Å². The predicted octanol–water partition coefficient (Wildman–Crippen LogP) is 3.51. The van der Waals surface area contributed by atoms with Crippen molar-refractivity contribution < 1.29 is 4.79 Å². The quantitative estimate of drug-likeness (QED) is 0.778. The van der Waals surface area contributed by atoms with E-state index < -0.39 is 0 Å². The van der Waals surface area contributed by atoms with Crippen LogP contribution in [0.3, 0.4) is 0 Å². The van der Waals surface area contributed by atoms with Gasteiger partial charge in [0.1, 0.15) is 0 Å². The number of nitrogens with one attached hydrogen (secondary N) is 2. The summed E-state index contributed by atoms with van der Waals surface area (Å²) in [5, 5.41) is 8.43. The van der Waals surface area contributed by atoms with Crippen molar-refractivity contribution in [1.82, 2.24) is 10.3 Å². The van der Waals surface area contributed by atoms with Crippen LogP contribution in [0, 0.1) is 0 Å². The number of benzene rings is 2. The standard InChI is InChI=1S/C18H16N4O/c23-18-20-8-9-22(18)15-6-3-5-14(10-15)21-17-12-19-11-13-4-1-2-7-16(13)17/h1-7,10-12,21H,8-9H2,(H,20,23). The summed E-state index contributed by atoms with van der Waals surface area (Å²) in [5.41, 5.74) is 2.77. The summed E-state index contributed by atoms with van der Waals surface area (Å²) >= 11 is 0. The van der Waals surface area contributed by atoms with Crippen LogP contribution in [0.25, 0.3) is 10.8 Å². The fourth-order valence-electron chi connectivity index (χ4n) is 2.84. The largest absolute Gasteiger partial charge is 0.354 e. The molecular formula is C18H16N4O. The molecule has 2 heterocycles. The molecule has 0 spiro atoms. The molecular weight excluding hydrogens is 288 g/mol. The molecule has 1 aliphatic rings. The van der Waals surface area contributed by atoms with Gasteiger partial charge in [-0.05, 0) is 18.2 Å². The lowest BCUT2D eigenvalue weighted by atomic mass is 10.1. The molecule has 0 aliphatic carbocycles. The Balaban J connectivity index is 1.67. The van der Waals surface area contributed by atoms with Crippen LogP contribution in [0.2, 0.25) is 0 Å². The zero-order valence-electron chi connectivity index (χ0n) is 12.5. The van der Waals surface area contributed by atoms with Gasteiger partial charge in [0.15, 0.2) is 0 Å². The van der Waals surface area contributed by atoms with E-state index >= 15 is 0 Å². The van der Waals surface area contributed by atoms with Crippen LogP contribution >= 0.6 is 0 Å². The van der Waals surface area contributed by atoms with E-state index in [9.17, 15) is 4.79 Å². The van der Waals surface area contributed by atoms with E-state index in [2.05, 4.69) is 21.7 Å². The van der Waals surface area contributed by atoms with Gasteiger partial charge < -0.3 is 10.6 Å². The third-order valence-corrected chi connectivity index (χ3v) is 3.96. The smallest absolute Gasteiger partial charge is 0.321 e. The number of urea groups is 1. The summed E-state index contributed by atoms with van der Waals surface area (Å²) in [7, 11) is 0. The highest BCUT2D eigenvalue weighted by atomic mass is 16.2. The number of aromatic nitrogens is 1. The average molecular weight is 304 g/mol. The maximum Gasteiger partial charge on any atom is 0.321 e. The van der Waals surface area contributed by atoms with E-state index in [1.807, 2.05) is 54.9 Å². The molecule has 23 heavy (non-hydrogen) atoms. The molecule has 1 fully saturated rings. The maximum atomic E-state index is 11.8. The number of pyridine rings is 1. The van der Waals surface area contributed by atoms with E-state index in [0.29, 0.717) is 13.1 Å². The Bertz CT molecular complexity index is 872. The second kappa shape index (κ2) is 5.61. The third kappa shape index (κ3) is 2.57. The van der Waals surface area contributed by atoms with Crippen LogP contribution < -0.4 is 15.5 Å². The first-order valence-corrected chi connectivity index (χ1v) is 7.56. The maximum absolute atomic E-state index is 11.8. The molecule has 1 saturated heterocycles. The number of fused-ring (bicyclic) bond motifs is 1. The van der Waals surface area contributed by atoms with Crippen molar-refractivity contribution in [2.45, 2.75) is 0 Å². The molecule has 114 valence electrons. The Morgan fingerprint density at radius 2 is 2.00 bits per heavy atom. The number of rotatable bonds is 3. The number of hydrogen-bond acceptors (Lipinski definition) is 3. The molecule has 0 unspecified atom stereocenters. The van der Waals surface area contributed by atoms with Crippen LogP contribution in [-0.4, -0.2) is 24.1 Å². The summed E-state index contributed by atoms with van der Waals surface area (Å²) in [6, 6.07) is 15.9. The molecule has 1 aromatic heterocycles. The van der Waals surface area contributed by atoms with Gasteiger partial charge in [-0.2, -0.15) is 0 Å². The molecule has 0 bridgehead atoms. The van der Waals surface area contributed by atoms with Crippen molar-refractivity contribution in [1.29, 1.82) is 0 Å². The van der Waals surface area contributed by atoms with Crippen molar-refractivity contribution in [3.63, 3.8) is 0 Å². The third-order valence-electron chi connectivity index (χ3n) is 3.96. The minimum absolute atomic E-state index is 0.0472. The lowest BCUT2D eigenvalue weighted by Crippen LogP contribution is -2.27. The van der Waals surface area contributed by atoms with Gasteiger partial charge in [0.25, 0.3) is 0 Å². The van der Waals surface area contributed by atoms with Crippen LogP contribution in [-0.2, 0) is 0 Å². The Kier molecular flexibility index (Phi) is 3.31. The average Bonchev–Trinajstić information content (AvgIpc) is 3.02. The minimum atomic E-state index is -0.0472. The molecule has 0 atom stereocenters. The lowest BCUT2D eigenvalue weighted by Gasteiger charge is -2.16. The molecule has 3 aromatic rings. The first-order chi connectivity index (χ1) is 11.3. The van der Waals surface area contributed by atoms with Crippen molar-refractivity contribution in [3.8, 4) is 0 Å². The first kappa shape index (κ1) is 13.6. The number of hydrogen-bond donors (Lipinski definition) is 2. The van der Waals surface area contributed by atoms with Crippen molar-refractivity contribution in [2.24, 2.45) is 0 Å². The Labute approximate surface area is 133 Å². The van der Waals surface area contributed by atoms with Crippen LogP contribution in [0.4, 0.5) is 21.9 Å². The number of anilines is 3. The highest BCUT2D eigenvalue weighted by molar-refractivity contribution is 5.96. The van der Waals surface area contributed by atoms with Crippen LogP contribution in [0.1, 0.15) is 0 Å². The van der Waals surface area contributed by atoms with E-state index in [0.717, 1.165) is 27.8 Å². The Hall–Kier alpha value is -3.08. The van der Waals surface area contributed by atoms with Crippen LogP contribution in [0.15, 0.2) is 60.9 Å². The molecule has 0 saturated carbocycles. The SMILES string of the molecule is O=C1NCCN1c1cccc(Nc2cncc3ccccc23)c1. The Morgan fingerprint density at radius 1 is 1.09 bits per heavy atom. The van der Waals surface area contributed by atoms with Gasteiger partial charge >= 0.3 is 6.03 Å². The predicted molar refractivity (Wildman–Crippen MR) is 92.2 cm³/mol. The van der Waals surface area contributed by atoms with Gasteiger partial charge in [-0.1, -0.05) is 30.3 Å². The number of nitrogens with zero attached hydrogens (tertiary/aromatic N) is 2. The van der Waals surface area contributed by atoms with E-state index in [-0.39, 0.29) is 6.03 Å². The second-order valence-corrected chi connectivity index (χ2v) is 5.47. The van der Waals surface area contributed by atoms with Gasteiger partial charge in [0, 0.05) is 41.4 Å². The fraction of sp³-hybridized carbons (Fsp3) is 0.111. The zero-order valence-corrected chi connectivity index (χ0v) is 12.5. The topological polar surface area (TPSA) is 57.3 Å². The minimum Gasteiger partial charge on any atom is -0.354 e. The van der Waals surface area contributed by atoms with Crippen molar-refractivity contribution in [3.05, 3.63) is 60.9 Å². The number of carbonyl (C=O) groups excluding carboxylic acids is 1. The van der Waals surface area contributed by atoms with Crippen LogP contribution in [0.5, 0.6) is 0 Å². The summed E-state index contributed by atoms with van der Waals surface area (Å²) in [5.74, 6) is 0. The monoisotopic (exact) mass is 304 g/mol. The summed E-state index contributed by atoms with van der Waals surface area (Å²) in [6.07, 6.45) is 3.67. The van der Waals surface area contributed by atoms with Crippen molar-refractivity contribution in [2.75, 3.05) is 23.3 Å². The molecule has 4 rings (SSSR count). The highest BCUT2D eigenvalue weighted by Gasteiger charge is 2.21. The number of carbonyl (C=O) groups is 1. The normalized spacial score (nSPS) is 14.1. The molecule has 2 N–H and O–H groups in total. The number of amides is 2. The van der Waals surface area contributed by atoms with E-state index in [1.165, 1.54) is 0 Å². The van der Waals surface area contributed by atoms with Gasteiger partial charge in [-0.15, -0.1) is 0 Å². The first-order valence-electron chi connectivity index (χ1n) is 7.56. The van der Waals surface area contributed by atoms with Gasteiger partial charge in [-0.25, -0.2) is 4.79 Å². The van der Waals surface area contributed by atoms with Gasteiger partial charge in [0.05, 0.1) is 11.9 Å². The Morgan fingerprint density at radius 3 is 2.87 bits per heavy atom. The molecule has 1 aliphatic heterocycles. The molecule has 5 nitrogen and oxygen atoms in total.